The molecule has 120 valence electrons. The largest absolute Gasteiger partial charge is 0.396 e. The maximum atomic E-state index is 9.48. The van der Waals surface area contributed by atoms with E-state index >= 15 is 0 Å². The maximum absolute atomic E-state index is 9.48. The molecule has 0 aliphatic carbocycles. The molecule has 1 saturated heterocycles. The van der Waals surface area contributed by atoms with Crippen LogP contribution in [0.15, 0.2) is 40.7 Å². The number of benzene rings is 1. The summed E-state index contributed by atoms with van der Waals surface area (Å²) in [7, 11) is 0. The number of rotatable bonds is 3. The summed E-state index contributed by atoms with van der Waals surface area (Å²) in [6, 6.07) is 10.5. The number of thiophene rings is 1. The first-order valence-corrected chi connectivity index (χ1v) is 9.05. The Labute approximate surface area is 140 Å². The molecule has 1 aromatic heterocycles. The molecule has 5 heteroatoms. The van der Waals surface area contributed by atoms with E-state index in [0.717, 1.165) is 25.9 Å². The lowest BCUT2D eigenvalue weighted by Crippen LogP contribution is -2.49. The fraction of sp³-hybridized carbons (Fsp3) is 0.389. The number of fused-ring (bicyclic) bond motifs is 1. The minimum atomic E-state index is 0.278. The monoisotopic (exact) mass is 327 g/mol. The van der Waals surface area contributed by atoms with Gasteiger partial charge in [0, 0.05) is 42.4 Å². The van der Waals surface area contributed by atoms with E-state index < -0.39 is 0 Å². The smallest absolute Gasteiger partial charge is 0.126 e. The van der Waals surface area contributed by atoms with Crippen LogP contribution >= 0.6 is 11.3 Å². The number of nitrogens with zero attached hydrogens (tertiary/aromatic N) is 3. The Morgan fingerprint density at radius 1 is 1.26 bits per heavy atom. The highest BCUT2D eigenvalue weighted by molar-refractivity contribution is 7.15. The zero-order chi connectivity index (χ0) is 15.6. The highest BCUT2D eigenvalue weighted by atomic mass is 32.1. The van der Waals surface area contributed by atoms with Gasteiger partial charge in [0.15, 0.2) is 0 Å². The second kappa shape index (κ2) is 6.43. The van der Waals surface area contributed by atoms with Crippen LogP contribution in [0, 0.1) is 5.92 Å². The van der Waals surface area contributed by atoms with Gasteiger partial charge in [-0.2, -0.15) is 0 Å². The third-order valence-electron chi connectivity index (χ3n) is 4.66. The summed E-state index contributed by atoms with van der Waals surface area (Å²) in [5.74, 6) is 0.381. The van der Waals surface area contributed by atoms with Crippen molar-refractivity contribution in [2.24, 2.45) is 10.9 Å². The molecule has 2 aliphatic rings. The highest BCUT2D eigenvalue weighted by Crippen LogP contribution is 2.39. The second-order valence-electron chi connectivity index (χ2n) is 6.19. The minimum absolute atomic E-state index is 0.278. The third-order valence-corrected chi connectivity index (χ3v) is 5.67. The van der Waals surface area contributed by atoms with E-state index in [4.69, 9.17) is 0 Å². The molecule has 0 saturated carbocycles. The van der Waals surface area contributed by atoms with Gasteiger partial charge in [0.05, 0.1) is 0 Å². The number of aliphatic hydroxyl groups excluding tert-OH is 1. The number of hydrogen-bond acceptors (Lipinski definition) is 5. The van der Waals surface area contributed by atoms with Gasteiger partial charge in [0.25, 0.3) is 0 Å². The average molecular weight is 327 g/mol. The predicted molar refractivity (Wildman–Crippen MR) is 96.1 cm³/mol. The zero-order valence-electron chi connectivity index (χ0n) is 13.1. The van der Waals surface area contributed by atoms with Crippen LogP contribution in [0.5, 0.6) is 0 Å². The molecule has 0 radical (unpaired) electrons. The summed E-state index contributed by atoms with van der Waals surface area (Å²) in [6.07, 6.45) is 4.27. The molecule has 4 nitrogen and oxygen atoms in total. The van der Waals surface area contributed by atoms with Crippen LogP contribution in [-0.4, -0.2) is 42.7 Å². The summed E-state index contributed by atoms with van der Waals surface area (Å²) in [5.41, 5.74) is 3.72. The number of aliphatic hydroxyl groups is 1. The van der Waals surface area contributed by atoms with Crippen molar-refractivity contribution in [2.75, 3.05) is 31.4 Å². The van der Waals surface area contributed by atoms with Gasteiger partial charge in [-0.25, -0.2) is 5.01 Å². The molecule has 1 N–H and O–H groups in total. The van der Waals surface area contributed by atoms with Crippen LogP contribution < -0.4 is 5.01 Å². The molecule has 0 spiro atoms. The molecule has 0 amide bonds. The summed E-state index contributed by atoms with van der Waals surface area (Å²) in [5, 5.41) is 17.7. The first-order valence-electron chi connectivity index (χ1n) is 8.17. The molecule has 2 aromatic rings. The Balaban J connectivity index is 1.65. The van der Waals surface area contributed by atoms with E-state index in [-0.39, 0.29) is 6.61 Å². The van der Waals surface area contributed by atoms with Crippen molar-refractivity contribution in [3.8, 4) is 11.1 Å². The Bertz CT molecular complexity index is 698. The summed E-state index contributed by atoms with van der Waals surface area (Å²) in [6.45, 7) is 2.92. The zero-order valence-corrected chi connectivity index (χ0v) is 13.9. The SMILES string of the molecule is OCC1CCCN(N2CN=Cc3c(-c4ccccc4)csc32)C1. The van der Waals surface area contributed by atoms with Crippen LogP contribution in [0.4, 0.5) is 5.00 Å². The van der Waals surface area contributed by atoms with E-state index in [1.54, 1.807) is 11.3 Å². The van der Waals surface area contributed by atoms with Gasteiger partial charge >= 0.3 is 0 Å². The first-order chi connectivity index (χ1) is 11.4. The topological polar surface area (TPSA) is 39.1 Å². The van der Waals surface area contributed by atoms with E-state index in [1.165, 1.54) is 21.7 Å². The normalized spacial score (nSPS) is 21.4. The molecule has 1 atom stereocenters. The highest BCUT2D eigenvalue weighted by Gasteiger charge is 2.28. The standard InChI is InChI=1S/C18H21N3OS/c22-11-14-5-4-8-20(10-14)21-13-19-9-16-17(12-23-18(16)21)15-6-2-1-3-7-15/h1-3,6-7,9,12,14,22H,4-5,8,10-11,13H2. The number of aliphatic imine (C=N–C) groups is 1. The van der Waals surface area contributed by atoms with Gasteiger partial charge in [0.2, 0.25) is 0 Å². The van der Waals surface area contributed by atoms with Crippen molar-refractivity contribution < 1.29 is 5.11 Å². The first kappa shape index (κ1) is 14.9. The van der Waals surface area contributed by atoms with E-state index in [0.29, 0.717) is 12.6 Å². The number of hydrogen-bond donors (Lipinski definition) is 1. The van der Waals surface area contributed by atoms with E-state index in [2.05, 4.69) is 44.7 Å². The van der Waals surface area contributed by atoms with Crippen molar-refractivity contribution in [3.63, 3.8) is 0 Å². The molecular weight excluding hydrogens is 306 g/mol. The van der Waals surface area contributed by atoms with Crippen molar-refractivity contribution in [3.05, 3.63) is 41.3 Å². The Kier molecular flexibility index (Phi) is 4.16. The number of hydrazine groups is 1. The van der Waals surface area contributed by atoms with Gasteiger partial charge < -0.3 is 5.11 Å². The van der Waals surface area contributed by atoms with Gasteiger partial charge in [0.1, 0.15) is 11.7 Å². The molecule has 0 bridgehead atoms. The van der Waals surface area contributed by atoms with Crippen molar-refractivity contribution in [2.45, 2.75) is 12.8 Å². The van der Waals surface area contributed by atoms with Crippen molar-refractivity contribution in [1.82, 2.24) is 5.01 Å². The van der Waals surface area contributed by atoms with Crippen LogP contribution in [-0.2, 0) is 0 Å². The summed E-state index contributed by atoms with van der Waals surface area (Å²) >= 11 is 1.79. The Morgan fingerprint density at radius 2 is 2.13 bits per heavy atom. The molecule has 1 unspecified atom stereocenters. The summed E-state index contributed by atoms with van der Waals surface area (Å²) < 4.78 is 0. The molecule has 4 rings (SSSR count). The fourth-order valence-electron chi connectivity index (χ4n) is 3.43. The lowest BCUT2D eigenvalue weighted by molar-refractivity contribution is 0.112. The van der Waals surface area contributed by atoms with E-state index in [1.807, 2.05) is 12.3 Å². The molecular formula is C18H21N3OS. The lowest BCUT2D eigenvalue weighted by Gasteiger charge is -2.41. The van der Waals surface area contributed by atoms with Crippen molar-refractivity contribution in [1.29, 1.82) is 0 Å². The van der Waals surface area contributed by atoms with Crippen LogP contribution in [0.1, 0.15) is 18.4 Å². The van der Waals surface area contributed by atoms with Crippen LogP contribution in [0.25, 0.3) is 11.1 Å². The molecule has 3 heterocycles. The van der Waals surface area contributed by atoms with Gasteiger partial charge in [-0.15, -0.1) is 11.3 Å². The Morgan fingerprint density at radius 3 is 2.96 bits per heavy atom. The van der Waals surface area contributed by atoms with Gasteiger partial charge in [-0.3, -0.25) is 10.0 Å². The minimum Gasteiger partial charge on any atom is -0.396 e. The molecule has 1 aromatic carbocycles. The summed E-state index contributed by atoms with van der Waals surface area (Å²) in [4.78, 5) is 4.59. The molecule has 2 aliphatic heterocycles. The number of piperidine rings is 1. The van der Waals surface area contributed by atoms with Crippen LogP contribution in [0.2, 0.25) is 0 Å². The van der Waals surface area contributed by atoms with Crippen molar-refractivity contribution >= 4 is 22.6 Å². The molecule has 1 fully saturated rings. The van der Waals surface area contributed by atoms with E-state index in [9.17, 15) is 5.11 Å². The third kappa shape index (κ3) is 2.80. The van der Waals surface area contributed by atoms with Gasteiger partial charge in [-0.1, -0.05) is 30.3 Å². The quantitative estimate of drug-likeness (QED) is 0.941. The Hall–Kier alpha value is -1.69. The van der Waals surface area contributed by atoms with Gasteiger partial charge in [-0.05, 0) is 24.3 Å². The second-order valence-corrected chi connectivity index (χ2v) is 7.05. The number of anilines is 1. The fourth-order valence-corrected chi connectivity index (χ4v) is 4.50. The van der Waals surface area contributed by atoms with Crippen LogP contribution in [0.3, 0.4) is 0 Å². The lowest BCUT2D eigenvalue weighted by atomic mass is 10.00. The maximum Gasteiger partial charge on any atom is 0.126 e. The predicted octanol–water partition coefficient (Wildman–Crippen LogP) is 3.23. The average Bonchev–Trinajstić information content (AvgIpc) is 3.06. The molecule has 23 heavy (non-hydrogen) atoms.